The maximum absolute atomic E-state index is 12.3. The van der Waals surface area contributed by atoms with Gasteiger partial charge in [0.05, 0.1) is 0 Å². The fraction of sp³-hybridized carbons (Fsp3) is 0.222. The molecule has 6 nitrogen and oxygen atoms in total. The molecule has 0 radical (unpaired) electrons. The van der Waals surface area contributed by atoms with Gasteiger partial charge in [-0.15, -0.1) is 0 Å². The Kier molecular flexibility index (Phi) is 3.78. The Hall–Kier alpha value is -3.02. The van der Waals surface area contributed by atoms with Crippen molar-refractivity contribution in [1.82, 2.24) is 20.0 Å². The van der Waals surface area contributed by atoms with E-state index >= 15 is 0 Å². The zero-order valence-electron chi connectivity index (χ0n) is 13.0. The number of carbonyl (C=O) groups excluding carboxylic acids is 1. The summed E-state index contributed by atoms with van der Waals surface area (Å²) >= 11 is 0. The molecular weight excluding hydrogens is 304 g/mol. The number of hydrogen-bond donors (Lipinski definition) is 0. The van der Waals surface area contributed by atoms with Gasteiger partial charge < -0.3 is 9.42 Å². The largest absolute Gasteiger partial charge is 0.337 e. The highest BCUT2D eigenvalue weighted by Gasteiger charge is 2.35. The van der Waals surface area contributed by atoms with E-state index in [0.717, 1.165) is 11.1 Å². The van der Waals surface area contributed by atoms with Gasteiger partial charge in [-0.05, 0) is 24.1 Å². The van der Waals surface area contributed by atoms with E-state index in [1.165, 1.54) is 0 Å². The fourth-order valence-corrected chi connectivity index (χ4v) is 2.96. The second kappa shape index (κ2) is 6.23. The van der Waals surface area contributed by atoms with E-state index in [4.69, 9.17) is 4.52 Å². The second-order valence-electron chi connectivity index (χ2n) is 5.75. The van der Waals surface area contributed by atoms with Crippen molar-refractivity contribution in [3.8, 4) is 11.4 Å². The Morgan fingerprint density at radius 1 is 1.12 bits per heavy atom. The lowest BCUT2D eigenvalue weighted by atomic mass is 10.2. The highest BCUT2D eigenvalue weighted by atomic mass is 16.5. The van der Waals surface area contributed by atoms with Gasteiger partial charge in [-0.1, -0.05) is 35.5 Å². The Balaban J connectivity index is 1.59. The molecule has 0 saturated carbocycles. The summed E-state index contributed by atoms with van der Waals surface area (Å²) in [5, 5.41) is 4.05. The van der Waals surface area contributed by atoms with Crippen LogP contribution in [-0.4, -0.2) is 25.9 Å². The van der Waals surface area contributed by atoms with Crippen LogP contribution in [0.4, 0.5) is 0 Å². The number of likely N-dealkylation sites (tertiary alicyclic amines) is 1. The molecule has 0 spiro atoms. The van der Waals surface area contributed by atoms with Crippen molar-refractivity contribution in [2.45, 2.75) is 25.4 Å². The van der Waals surface area contributed by atoms with E-state index < -0.39 is 0 Å². The van der Waals surface area contributed by atoms with Crippen molar-refractivity contribution in [2.24, 2.45) is 0 Å². The first-order valence-electron chi connectivity index (χ1n) is 7.88. The van der Waals surface area contributed by atoms with E-state index in [9.17, 15) is 4.79 Å². The van der Waals surface area contributed by atoms with Crippen molar-refractivity contribution in [1.29, 1.82) is 0 Å². The highest BCUT2D eigenvalue weighted by Crippen LogP contribution is 2.34. The zero-order chi connectivity index (χ0) is 16.4. The summed E-state index contributed by atoms with van der Waals surface area (Å²) in [7, 11) is 0. The quantitative estimate of drug-likeness (QED) is 0.739. The van der Waals surface area contributed by atoms with Gasteiger partial charge in [-0.3, -0.25) is 9.78 Å². The van der Waals surface area contributed by atoms with Crippen LogP contribution in [0.2, 0.25) is 0 Å². The summed E-state index contributed by atoms with van der Waals surface area (Å²) < 4.78 is 5.44. The molecule has 24 heavy (non-hydrogen) atoms. The molecule has 1 unspecified atom stereocenters. The third kappa shape index (κ3) is 2.78. The Labute approximate surface area is 139 Å². The summed E-state index contributed by atoms with van der Waals surface area (Å²) in [6.07, 6.45) is 4.58. The number of nitrogens with zero attached hydrogens (tertiary/aromatic N) is 4. The number of amides is 1. The second-order valence-corrected chi connectivity index (χ2v) is 5.75. The molecule has 3 aromatic rings. The minimum atomic E-state index is -0.166. The standard InChI is InChI=1S/C18H16N4O2/c23-16-7-6-15(22(16)12-13-4-2-1-3-5-13)18-20-17(21-24-18)14-8-10-19-11-9-14/h1-5,8-11,15H,6-7,12H2. The molecule has 2 aromatic heterocycles. The zero-order valence-corrected chi connectivity index (χ0v) is 13.0. The van der Waals surface area contributed by atoms with Crippen LogP contribution in [0.1, 0.15) is 30.3 Å². The molecule has 1 atom stereocenters. The highest BCUT2D eigenvalue weighted by molar-refractivity contribution is 5.78. The van der Waals surface area contributed by atoms with E-state index in [1.807, 2.05) is 47.4 Å². The monoisotopic (exact) mass is 320 g/mol. The molecule has 4 rings (SSSR count). The van der Waals surface area contributed by atoms with E-state index in [1.54, 1.807) is 12.4 Å². The lowest BCUT2D eigenvalue weighted by Gasteiger charge is -2.22. The van der Waals surface area contributed by atoms with Gasteiger partial charge in [0.25, 0.3) is 0 Å². The molecule has 1 amide bonds. The summed E-state index contributed by atoms with van der Waals surface area (Å²) in [5.74, 6) is 1.13. The first-order chi connectivity index (χ1) is 11.8. The lowest BCUT2D eigenvalue weighted by molar-refractivity contribution is -0.129. The number of carbonyl (C=O) groups is 1. The van der Waals surface area contributed by atoms with Crippen LogP contribution in [0.25, 0.3) is 11.4 Å². The van der Waals surface area contributed by atoms with Crippen LogP contribution in [0.3, 0.4) is 0 Å². The fourth-order valence-electron chi connectivity index (χ4n) is 2.96. The van der Waals surface area contributed by atoms with E-state index in [-0.39, 0.29) is 11.9 Å². The predicted octanol–water partition coefficient (Wildman–Crippen LogP) is 3.00. The number of aromatic nitrogens is 3. The molecule has 3 heterocycles. The van der Waals surface area contributed by atoms with Crippen LogP contribution >= 0.6 is 0 Å². The van der Waals surface area contributed by atoms with Crippen molar-refractivity contribution in [2.75, 3.05) is 0 Å². The summed E-state index contributed by atoms with van der Waals surface area (Å²) in [6, 6.07) is 13.4. The van der Waals surface area contributed by atoms with Crippen molar-refractivity contribution >= 4 is 5.91 Å². The van der Waals surface area contributed by atoms with Gasteiger partial charge in [0, 0.05) is 30.9 Å². The summed E-state index contributed by atoms with van der Waals surface area (Å²) in [5.41, 5.74) is 1.94. The number of hydrogen-bond acceptors (Lipinski definition) is 5. The molecular formula is C18H16N4O2. The Bertz CT molecular complexity index is 832. The van der Waals surface area contributed by atoms with E-state index in [2.05, 4.69) is 15.1 Å². The minimum absolute atomic E-state index is 0.118. The van der Waals surface area contributed by atoms with Crippen LogP contribution in [0.15, 0.2) is 59.4 Å². The van der Waals surface area contributed by atoms with Gasteiger partial charge in [0.2, 0.25) is 17.6 Å². The van der Waals surface area contributed by atoms with Gasteiger partial charge >= 0.3 is 0 Å². The maximum Gasteiger partial charge on any atom is 0.249 e. The lowest BCUT2D eigenvalue weighted by Crippen LogP contribution is -2.27. The molecule has 0 bridgehead atoms. The number of pyridine rings is 1. The van der Waals surface area contributed by atoms with Crippen LogP contribution in [0.5, 0.6) is 0 Å². The predicted molar refractivity (Wildman–Crippen MR) is 86.5 cm³/mol. The molecule has 1 aliphatic heterocycles. The van der Waals surface area contributed by atoms with Crippen LogP contribution in [0, 0.1) is 0 Å². The molecule has 1 fully saturated rings. The van der Waals surface area contributed by atoms with Gasteiger partial charge in [0.1, 0.15) is 6.04 Å². The topological polar surface area (TPSA) is 72.1 Å². The molecule has 120 valence electrons. The van der Waals surface area contributed by atoms with E-state index in [0.29, 0.717) is 31.1 Å². The third-order valence-electron chi connectivity index (χ3n) is 4.19. The average Bonchev–Trinajstić information content (AvgIpc) is 3.25. The minimum Gasteiger partial charge on any atom is -0.337 e. The smallest absolute Gasteiger partial charge is 0.249 e. The summed E-state index contributed by atoms with van der Waals surface area (Å²) in [4.78, 5) is 22.6. The SMILES string of the molecule is O=C1CCC(c2nc(-c3ccncc3)no2)N1Cc1ccccc1. The molecule has 6 heteroatoms. The normalized spacial score (nSPS) is 17.4. The molecule has 0 N–H and O–H groups in total. The van der Waals surface area contributed by atoms with Crippen LogP contribution in [-0.2, 0) is 11.3 Å². The van der Waals surface area contributed by atoms with Gasteiger partial charge in [-0.25, -0.2) is 0 Å². The molecule has 1 aromatic carbocycles. The molecule has 1 saturated heterocycles. The third-order valence-corrected chi connectivity index (χ3v) is 4.19. The van der Waals surface area contributed by atoms with Crippen molar-refractivity contribution in [3.63, 3.8) is 0 Å². The molecule has 1 aliphatic rings. The van der Waals surface area contributed by atoms with Gasteiger partial charge in [-0.2, -0.15) is 4.98 Å². The average molecular weight is 320 g/mol. The number of benzene rings is 1. The van der Waals surface area contributed by atoms with Crippen molar-refractivity contribution in [3.05, 3.63) is 66.3 Å². The Morgan fingerprint density at radius 3 is 2.71 bits per heavy atom. The maximum atomic E-state index is 12.3. The summed E-state index contributed by atoms with van der Waals surface area (Å²) in [6.45, 7) is 0.553. The number of rotatable bonds is 4. The molecule has 0 aliphatic carbocycles. The Morgan fingerprint density at radius 2 is 1.92 bits per heavy atom. The first kappa shape index (κ1) is 14.6. The van der Waals surface area contributed by atoms with Crippen molar-refractivity contribution < 1.29 is 9.32 Å². The van der Waals surface area contributed by atoms with Gasteiger partial charge in [0.15, 0.2) is 0 Å². The van der Waals surface area contributed by atoms with Crippen LogP contribution < -0.4 is 0 Å². The first-order valence-corrected chi connectivity index (χ1v) is 7.88.